The molecule has 0 radical (unpaired) electrons. The van der Waals surface area contributed by atoms with E-state index in [2.05, 4.69) is 6.08 Å². The molecule has 2 aliphatic heterocycles. The van der Waals surface area contributed by atoms with Gasteiger partial charge in [0.1, 0.15) is 0 Å². The van der Waals surface area contributed by atoms with Crippen LogP contribution in [0.2, 0.25) is 0 Å². The maximum Gasteiger partial charge on any atom is 0.243 e. The number of rotatable bonds is 2. The van der Waals surface area contributed by atoms with Crippen LogP contribution in [0.3, 0.4) is 0 Å². The van der Waals surface area contributed by atoms with Crippen molar-refractivity contribution < 1.29 is 8.42 Å². The van der Waals surface area contributed by atoms with E-state index >= 15 is 0 Å². The molecule has 4 heteroatoms. The van der Waals surface area contributed by atoms with Gasteiger partial charge in [0.25, 0.3) is 0 Å². The summed E-state index contributed by atoms with van der Waals surface area (Å²) in [7, 11) is -3.36. The van der Waals surface area contributed by atoms with Crippen LogP contribution in [0.4, 0.5) is 0 Å². The molecule has 1 saturated heterocycles. The fourth-order valence-electron chi connectivity index (χ4n) is 3.05. The van der Waals surface area contributed by atoms with Crippen molar-refractivity contribution in [3.05, 3.63) is 41.5 Å². The largest absolute Gasteiger partial charge is 0.243 e. The molecule has 19 heavy (non-hydrogen) atoms. The third-order valence-corrected chi connectivity index (χ3v) is 6.28. The predicted molar refractivity (Wildman–Crippen MR) is 75.5 cm³/mol. The van der Waals surface area contributed by atoms with Crippen LogP contribution in [-0.4, -0.2) is 24.8 Å². The SMILES string of the molecule is Cc1ccc(S(=O)(=O)N2C3C=CCC2CC3)cc1C. The van der Waals surface area contributed by atoms with Crippen LogP contribution in [0.1, 0.15) is 30.4 Å². The molecule has 0 aromatic heterocycles. The summed E-state index contributed by atoms with van der Waals surface area (Å²) in [6.07, 6.45) is 6.93. The zero-order chi connectivity index (χ0) is 13.6. The van der Waals surface area contributed by atoms with Gasteiger partial charge in [0.05, 0.1) is 4.90 Å². The quantitative estimate of drug-likeness (QED) is 0.780. The Kier molecular flexibility index (Phi) is 3.02. The predicted octanol–water partition coefficient (Wildman–Crippen LogP) is 2.79. The summed E-state index contributed by atoms with van der Waals surface area (Å²) in [5.41, 5.74) is 2.15. The van der Waals surface area contributed by atoms with Crippen LogP contribution in [0, 0.1) is 13.8 Å². The minimum atomic E-state index is -3.36. The van der Waals surface area contributed by atoms with Crippen molar-refractivity contribution in [2.24, 2.45) is 0 Å². The zero-order valence-corrected chi connectivity index (χ0v) is 12.2. The zero-order valence-electron chi connectivity index (χ0n) is 11.3. The molecule has 1 aromatic carbocycles. The third-order valence-electron chi connectivity index (χ3n) is 4.30. The van der Waals surface area contributed by atoms with Crippen LogP contribution in [0.5, 0.6) is 0 Å². The first-order valence-electron chi connectivity index (χ1n) is 6.77. The van der Waals surface area contributed by atoms with Crippen LogP contribution < -0.4 is 0 Å². The normalized spacial score (nSPS) is 26.8. The molecular formula is C15H19NO2S. The van der Waals surface area contributed by atoms with Crippen molar-refractivity contribution >= 4 is 10.0 Å². The van der Waals surface area contributed by atoms with E-state index in [0.29, 0.717) is 4.90 Å². The molecule has 0 aliphatic carbocycles. The molecule has 3 nitrogen and oxygen atoms in total. The minimum Gasteiger partial charge on any atom is -0.207 e. The molecule has 102 valence electrons. The number of aryl methyl sites for hydroxylation is 2. The first-order valence-corrected chi connectivity index (χ1v) is 8.21. The molecule has 0 spiro atoms. The van der Waals surface area contributed by atoms with Crippen LogP contribution >= 0.6 is 0 Å². The maximum atomic E-state index is 12.8. The molecule has 0 N–H and O–H groups in total. The average molecular weight is 277 g/mol. The number of hydrogen-bond acceptors (Lipinski definition) is 2. The summed E-state index contributed by atoms with van der Waals surface area (Å²) >= 11 is 0. The van der Waals surface area contributed by atoms with E-state index < -0.39 is 10.0 Å². The van der Waals surface area contributed by atoms with Gasteiger partial charge in [0.15, 0.2) is 0 Å². The van der Waals surface area contributed by atoms with Gasteiger partial charge in [-0.1, -0.05) is 18.2 Å². The Bertz CT molecular complexity index is 634. The van der Waals surface area contributed by atoms with E-state index in [9.17, 15) is 8.42 Å². The van der Waals surface area contributed by atoms with Crippen LogP contribution in [-0.2, 0) is 10.0 Å². The standard InChI is InChI=1S/C15H19NO2S/c1-11-6-9-15(10-12(11)2)19(17,18)16-13-4-3-5-14(16)8-7-13/h3-4,6,9-10,13-14H,5,7-8H2,1-2H3. The number of fused-ring (bicyclic) bond motifs is 2. The maximum absolute atomic E-state index is 12.8. The van der Waals surface area contributed by atoms with Crippen molar-refractivity contribution in [2.45, 2.75) is 50.1 Å². The van der Waals surface area contributed by atoms with Crippen molar-refractivity contribution in [1.29, 1.82) is 0 Å². The summed E-state index contributed by atoms with van der Waals surface area (Å²) in [4.78, 5) is 0.433. The van der Waals surface area contributed by atoms with E-state index in [1.807, 2.05) is 26.0 Å². The lowest BCUT2D eigenvalue weighted by atomic mass is 10.1. The van der Waals surface area contributed by atoms with Gasteiger partial charge in [0.2, 0.25) is 10.0 Å². The monoisotopic (exact) mass is 277 g/mol. The van der Waals surface area contributed by atoms with Crippen LogP contribution in [0.15, 0.2) is 35.2 Å². The van der Waals surface area contributed by atoms with E-state index in [1.165, 1.54) is 0 Å². The second kappa shape index (κ2) is 4.46. The molecule has 3 rings (SSSR count). The number of nitrogens with zero attached hydrogens (tertiary/aromatic N) is 1. The average Bonchev–Trinajstić information content (AvgIpc) is 2.64. The highest BCUT2D eigenvalue weighted by molar-refractivity contribution is 7.89. The van der Waals surface area contributed by atoms with E-state index in [-0.39, 0.29) is 12.1 Å². The summed E-state index contributed by atoms with van der Waals surface area (Å²) in [5.74, 6) is 0. The van der Waals surface area contributed by atoms with Crippen molar-refractivity contribution in [3.8, 4) is 0 Å². The molecule has 0 amide bonds. The lowest BCUT2D eigenvalue weighted by Crippen LogP contribution is -2.41. The van der Waals surface area contributed by atoms with Crippen molar-refractivity contribution in [3.63, 3.8) is 0 Å². The van der Waals surface area contributed by atoms with Gasteiger partial charge in [-0.15, -0.1) is 0 Å². The van der Waals surface area contributed by atoms with Crippen LogP contribution in [0.25, 0.3) is 0 Å². The molecule has 1 fully saturated rings. The highest BCUT2D eigenvalue weighted by Gasteiger charge is 2.42. The minimum absolute atomic E-state index is 0.0605. The lowest BCUT2D eigenvalue weighted by molar-refractivity contribution is 0.341. The Labute approximate surface area is 115 Å². The van der Waals surface area contributed by atoms with Gasteiger partial charge in [0, 0.05) is 12.1 Å². The van der Waals surface area contributed by atoms with Gasteiger partial charge in [-0.25, -0.2) is 8.42 Å². The molecule has 2 aliphatic rings. The highest BCUT2D eigenvalue weighted by atomic mass is 32.2. The smallest absolute Gasteiger partial charge is 0.207 e. The van der Waals surface area contributed by atoms with E-state index in [0.717, 1.165) is 30.4 Å². The van der Waals surface area contributed by atoms with Gasteiger partial charge < -0.3 is 0 Å². The first-order chi connectivity index (χ1) is 9.00. The Hall–Kier alpha value is -1.13. The van der Waals surface area contributed by atoms with E-state index in [1.54, 1.807) is 16.4 Å². The van der Waals surface area contributed by atoms with Gasteiger partial charge >= 0.3 is 0 Å². The third kappa shape index (κ3) is 2.03. The Balaban J connectivity index is 2.03. The highest BCUT2D eigenvalue weighted by Crippen LogP contribution is 2.36. The first kappa shape index (κ1) is 12.9. The number of hydrogen-bond donors (Lipinski definition) is 0. The molecule has 2 unspecified atom stereocenters. The second-order valence-electron chi connectivity index (χ2n) is 5.54. The van der Waals surface area contributed by atoms with E-state index in [4.69, 9.17) is 0 Å². The summed E-state index contributed by atoms with van der Waals surface area (Å²) < 4.78 is 27.3. The second-order valence-corrected chi connectivity index (χ2v) is 7.39. The number of sulfonamides is 1. The molecule has 2 heterocycles. The summed E-state index contributed by atoms with van der Waals surface area (Å²) in [5, 5.41) is 0. The summed E-state index contributed by atoms with van der Waals surface area (Å²) in [6, 6.07) is 5.63. The molecule has 0 saturated carbocycles. The Morgan fingerprint density at radius 2 is 1.95 bits per heavy atom. The molecule has 2 atom stereocenters. The Morgan fingerprint density at radius 3 is 2.63 bits per heavy atom. The van der Waals surface area contributed by atoms with Gasteiger partial charge in [-0.05, 0) is 56.4 Å². The van der Waals surface area contributed by atoms with Crippen molar-refractivity contribution in [1.82, 2.24) is 4.31 Å². The summed E-state index contributed by atoms with van der Waals surface area (Å²) in [6.45, 7) is 3.96. The van der Waals surface area contributed by atoms with Gasteiger partial charge in [-0.3, -0.25) is 0 Å². The fraction of sp³-hybridized carbons (Fsp3) is 0.467. The number of benzene rings is 1. The van der Waals surface area contributed by atoms with Gasteiger partial charge in [-0.2, -0.15) is 4.31 Å². The topological polar surface area (TPSA) is 37.4 Å². The molecule has 1 aromatic rings. The van der Waals surface area contributed by atoms with Crippen molar-refractivity contribution in [2.75, 3.05) is 0 Å². The Morgan fingerprint density at radius 1 is 1.16 bits per heavy atom. The fourth-order valence-corrected chi connectivity index (χ4v) is 4.98. The molecule has 2 bridgehead atoms. The molecular weight excluding hydrogens is 258 g/mol. The lowest BCUT2D eigenvalue weighted by Gasteiger charge is -2.30.